The summed E-state index contributed by atoms with van der Waals surface area (Å²) in [7, 11) is 1.97. The molecule has 0 unspecified atom stereocenters. The van der Waals surface area contributed by atoms with Crippen LogP contribution in [0.4, 0.5) is 0 Å². The molecule has 5 heteroatoms. The average molecular weight is 417 g/mol. The third kappa shape index (κ3) is 4.25. The van der Waals surface area contributed by atoms with Gasteiger partial charge in [0.15, 0.2) is 5.78 Å². The summed E-state index contributed by atoms with van der Waals surface area (Å²) in [4.78, 5) is 14.3. The second-order valence-corrected chi connectivity index (χ2v) is 8.57. The summed E-state index contributed by atoms with van der Waals surface area (Å²) in [5.41, 5.74) is 3.22. The van der Waals surface area contributed by atoms with E-state index in [4.69, 9.17) is 0 Å². The van der Waals surface area contributed by atoms with E-state index in [1.54, 1.807) is 0 Å². The Hall–Kier alpha value is -0.490. The second-order valence-electron chi connectivity index (χ2n) is 4.82. The normalized spacial score (nSPS) is 11.1. The van der Waals surface area contributed by atoms with Gasteiger partial charge < -0.3 is 0 Å². The van der Waals surface area contributed by atoms with Crippen LogP contribution in [-0.4, -0.2) is 24.3 Å². The largest absolute Gasteiger partial charge is 0.295 e. The molecular weight excluding hydrogens is 402 g/mol. The van der Waals surface area contributed by atoms with Crippen LogP contribution in [-0.2, 0) is 6.54 Å². The summed E-state index contributed by atoms with van der Waals surface area (Å²) in [6.07, 6.45) is 0. The van der Waals surface area contributed by atoms with Crippen LogP contribution in [0, 0.1) is 6.92 Å². The number of likely N-dealkylation sites (N-methyl/N-ethyl adjacent to an activating group) is 1. The highest BCUT2D eigenvalue weighted by atomic mass is 79.9. The Morgan fingerprint density at radius 3 is 2.65 bits per heavy atom. The molecule has 0 atom stereocenters. The molecule has 0 aliphatic carbocycles. The van der Waals surface area contributed by atoms with E-state index in [1.807, 2.05) is 24.1 Å². The van der Waals surface area contributed by atoms with Gasteiger partial charge in [-0.05, 0) is 57.5 Å². The van der Waals surface area contributed by atoms with E-state index < -0.39 is 0 Å². The SMILES string of the molecule is Cc1cccc(CN(C)CC(=O)c2cc(Br)sc2Br)c1. The topological polar surface area (TPSA) is 20.3 Å². The zero-order chi connectivity index (χ0) is 14.7. The summed E-state index contributed by atoms with van der Waals surface area (Å²) in [6.45, 7) is 3.26. The van der Waals surface area contributed by atoms with Gasteiger partial charge in [0.05, 0.1) is 14.1 Å². The molecule has 106 valence electrons. The Balaban J connectivity index is 1.99. The van der Waals surface area contributed by atoms with Crippen LogP contribution in [0.15, 0.2) is 37.9 Å². The minimum absolute atomic E-state index is 0.133. The van der Waals surface area contributed by atoms with Gasteiger partial charge in [0.25, 0.3) is 0 Å². The number of hydrogen-bond donors (Lipinski definition) is 0. The number of carbonyl (C=O) groups is 1. The average Bonchev–Trinajstić information content (AvgIpc) is 2.68. The molecule has 0 saturated carbocycles. The molecule has 0 aliphatic rings. The number of thiophene rings is 1. The summed E-state index contributed by atoms with van der Waals surface area (Å²) in [6, 6.07) is 10.2. The van der Waals surface area contributed by atoms with Gasteiger partial charge in [-0.1, -0.05) is 29.8 Å². The van der Waals surface area contributed by atoms with Crippen molar-refractivity contribution >= 4 is 49.0 Å². The Morgan fingerprint density at radius 1 is 1.30 bits per heavy atom. The lowest BCUT2D eigenvalue weighted by Gasteiger charge is -2.16. The van der Waals surface area contributed by atoms with Crippen molar-refractivity contribution in [3.8, 4) is 0 Å². The van der Waals surface area contributed by atoms with E-state index in [9.17, 15) is 4.79 Å². The predicted octanol–water partition coefficient (Wildman–Crippen LogP) is 4.90. The lowest BCUT2D eigenvalue weighted by Crippen LogP contribution is -2.25. The fraction of sp³-hybridized carbons (Fsp3) is 0.267. The van der Waals surface area contributed by atoms with Crippen molar-refractivity contribution in [1.29, 1.82) is 0 Å². The maximum Gasteiger partial charge on any atom is 0.178 e. The zero-order valence-corrected chi connectivity index (χ0v) is 15.3. The lowest BCUT2D eigenvalue weighted by atomic mass is 10.1. The molecule has 2 rings (SSSR count). The number of benzene rings is 1. The first-order valence-electron chi connectivity index (χ1n) is 6.18. The fourth-order valence-corrected chi connectivity index (χ4v) is 4.89. The Kier molecular flexibility index (Phi) is 5.55. The van der Waals surface area contributed by atoms with E-state index in [-0.39, 0.29) is 5.78 Å². The number of carbonyl (C=O) groups excluding carboxylic acids is 1. The van der Waals surface area contributed by atoms with E-state index in [0.717, 1.165) is 19.7 Å². The van der Waals surface area contributed by atoms with Gasteiger partial charge in [0.1, 0.15) is 0 Å². The number of aryl methyl sites for hydroxylation is 1. The number of ketones is 1. The fourth-order valence-electron chi connectivity index (χ4n) is 2.04. The molecule has 0 fully saturated rings. The second kappa shape index (κ2) is 6.98. The number of rotatable bonds is 5. The number of halogens is 2. The molecule has 0 spiro atoms. The van der Waals surface area contributed by atoms with Crippen LogP contribution in [0.3, 0.4) is 0 Å². The molecule has 20 heavy (non-hydrogen) atoms. The van der Waals surface area contributed by atoms with Gasteiger partial charge in [0, 0.05) is 12.1 Å². The molecule has 0 N–H and O–H groups in total. The molecule has 2 nitrogen and oxygen atoms in total. The van der Waals surface area contributed by atoms with Crippen molar-refractivity contribution in [1.82, 2.24) is 4.90 Å². The summed E-state index contributed by atoms with van der Waals surface area (Å²) >= 11 is 8.36. The summed E-state index contributed by atoms with van der Waals surface area (Å²) in [5.74, 6) is 0.133. The van der Waals surface area contributed by atoms with Gasteiger partial charge in [-0.3, -0.25) is 9.69 Å². The first-order chi connectivity index (χ1) is 9.45. The van der Waals surface area contributed by atoms with Gasteiger partial charge in [-0.2, -0.15) is 0 Å². The highest BCUT2D eigenvalue weighted by molar-refractivity contribution is 9.12. The van der Waals surface area contributed by atoms with Crippen molar-refractivity contribution in [3.63, 3.8) is 0 Å². The molecular formula is C15H15Br2NOS. The van der Waals surface area contributed by atoms with Crippen LogP contribution < -0.4 is 0 Å². The minimum atomic E-state index is 0.133. The molecule has 2 aromatic rings. The maximum atomic E-state index is 12.3. The number of Topliss-reactive ketones (excluding diaryl/α,β-unsaturated/α-hetero) is 1. The zero-order valence-electron chi connectivity index (χ0n) is 11.3. The molecule has 0 saturated heterocycles. The third-order valence-electron chi connectivity index (χ3n) is 2.91. The van der Waals surface area contributed by atoms with Gasteiger partial charge >= 0.3 is 0 Å². The molecule has 0 amide bonds. The Labute approximate surface area is 140 Å². The molecule has 1 aromatic carbocycles. The van der Waals surface area contributed by atoms with E-state index in [0.29, 0.717) is 6.54 Å². The van der Waals surface area contributed by atoms with Crippen molar-refractivity contribution in [2.75, 3.05) is 13.6 Å². The molecule has 0 radical (unpaired) electrons. The quantitative estimate of drug-likeness (QED) is 0.646. The van der Waals surface area contributed by atoms with E-state index in [1.165, 1.54) is 22.5 Å². The van der Waals surface area contributed by atoms with Gasteiger partial charge in [-0.15, -0.1) is 11.3 Å². The van der Waals surface area contributed by atoms with Gasteiger partial charge in [-0.25, -0.2) is 0 Å². The van der Waals surface area contributed by atoms with Crippen molar-refractivity contribution in [3.05, 3.63) is 54.6 Å². The summed E-state index contributed by atoms with van der Waals surface area (Å²) in [5, 5.41) is 0. The number of hydrogen-bond acceptors (Lipinski definition) is 3. The van der Waals surface area contributed by atoms with Gasteiger partial charge in [0.2, 0.25) is 0 Å². The van der Waals surface area contributed by atoms with E-state index >= 15 is 0 Å². The summed E-state index contributed by atoms with van der Waals surface area (Å²) < 4.78 is 1.85. The van der Waals surface area contributed by atoms with Crippen molar-refractivity contribution in [2.45, 2.75) is 13.5 Å². The monoisotopic (exact) mass is 415 g/mol. The molecule has 0 bridgehead atoms. The molecule has 1 aromatic heterocycles. The highest BCUT2D eigenvalue weighted by Crippen LogP contribution is 2.32. The maximum absolute atomic E-state index is 12.3. The lowest BCUT2D eigenvalue weighted by molar-refractivity contribution is 0.0943. The van der Waals surface area contributed by atoms with Crippen molar-refractivity contribution in [2.24, 2.45) is 0 Å². The predicted molar refractivity (Wildman–Crippen MR) is 91.6 cm³/mol. The first kappa shape index (κ1) is 15.9. The van der Waals surface area contributed by atoms with Crippen LogP contribution in [0.1, 0.15) is 21.5 Å². The first-order valence-corrected chi connectivity index (χ1v) is 8.58. The van der Waals surface area contributed by atoms with Crippen LogP contribution in [0.5, 0.6) is 0 Å². The Bertz CT molecular complexity index is 624. The van der Waals surface area contributed by atoms with Crippen LogP contribution in [0.25, 0.3) is 0 Å². The number of nitrogens with zero attached hydrogens (tertiary/aromatic N) is 1. The molecule has 0 aliphatic heterocycles. The Morgan fingerprint density at radius 2 is 2.05 bits per heavy atom. The minimum Gasteiger partial charge on any atom is -0.295 e. The molecule has 1 heterocycles. The van der Waals surface area contributed by atoms with Crippen LogP contribution in [0.2, 0.25) is 0 Å². The smallest absolute Gasteiger partial charge is 0.178 e. The highest BCUT2D eigenvalue weighted by Gasteiger charge is 2.15. The van der Waals surface area contributed by atoms with Crippen LogP contribution >= 0.6 is 43.2 Å². The third-order valence-corrected chi connectivity index (χ3v) is 5.24. The standard InChI is InChI=1S/C15H15Br2NOS/c1-10-4-3-5-11(6-10)8-18(2)9-13(19)12-7-14(16)20-15(12)17/h3-7H,8-9H2,1-2H3. The van der Waals surface area contributed by atoms with Crippen molar-refractivity contribution < 1.29 is 4.79 Å². The van der Waals surface area contributed by atoms with E-state index in [2.05, 4.69) is 57.0 Å².